The van der Waals surface area contributed by atoms with E-state index in [-0.39, 0.29) is 0 Å². The van der Waals surface area contributed by atoms with Crippen molar-refractivity contribution in [3.63, 3.8) is 0 Å². The molecule has 2 nitrogen and oxygen atoms in total. The molecule has 0 fully saturated rings. The zero-order valence-electron chi connectivity index (χ0n) is 15.9. The topological polar surface area (TPSA) is 47.6 Å². The van der Waals surface area contributed by atoms with E-state index in [9.17, 15) is 10.5 Å². The van der Waals surface area contributed by atoms with E-state index in [0.717, 1.165) is 36.8 Å². The largest absolute Gasteiger partial charge is 0.197 e. The van der Waals surface area contributed by atoms with Crippen molar-refractivity contribution in [1.82, 2.24) is 0 Å². The van der Waals surface area contributed by atoms with Crippen LogP contribution in [0.25, 0.3) is 0 Å². The molecule has 0 aromatic heterocycles. The van der Waals surface area contributed by atoms with Crippen LogP contribution in [0.1, 0.15) is 63.5 Å². The lowest BCUT2D eigenvalue weighted by atomic mass is 9.54. The molecule has 0 heterocycles. The second-order valence-corrected chi connectivity index (χ2v) is 6.97. The number of benzene rings is 2. The van der Waals surface area contributed by atoms with Crippen LogP contribution in [-0.2, 0) is 10.8 Å². The summed E-state index contributed by atoms with van der Waals surface area (Å²) in [5.74, 6) is 0. The maximum Gasteiger partial charge on any atom is 0.105 e. The van der Waals surface area contributed by atoms with Gasteiger partial charge in [-0.3, -0.25) is 0 Å². The zero-order chi connectivity index (χ0) is 18.9. The monoisotopic (exact) mass is 344 g/mol. The fraction of sp³-hybridized carbons (Fsp3) is 0.417. The Kier molecular flexibility index (Phi) is 6.99. The molecule has 0 bridgehead atoms. The van der Waals surface area contributed by atoms with Gasteiger partial charge in [-0.2, -0.15) is 10.5 Å². The van der Waals surface area contributed by atoms with E-state index in [4.69, 9.17) is 0 Å². The van der Waals surface area contributed by atoms with Crippen molar-refractivity contribution in [3.8, 4) is 12.1 Å². The number of nitriles is 2. The molecule has 2 rings (SSSR count). The lowest BCUT2D eigenvalue weighted by Crippen LogP contribution is -2.48. The van der Waals surface area contributed by atoms with E-state index in [0.29, 0.717) is 12.8 Å². The second kappa shape index (κ2) is 9.21. The van der Waals surface area contributed by atoms with E-state index in [1.807, 2.05) is 60.7 Å². The molecule has 0 N–H and O–H groups in total. The van der Waals surface area contributed by atoms with Gasteiger partial charge in [-0.05, 0) is 24.0 Å². The average molecular weight is 345 g/mol. The molecule has 0 saturated heterocycles. The predicted molar refractivity (Wildman–Crippen MR) is 107 cm³/mol. The average Bonchev–Trinajstić information content (AvgIpc) is 2.72. The summed E-state index contributed by atoms with van der Waals surface area (Å²) in [7, 11) is 0. The Labute approximate surface area is 158 Å². The van der Waals surface area contributed by atoms with E-state index in [2.05, 4.69) is 26.0 Å². The van der Waals surface area contributed by atoms with Gasteiger partial charge in [0.15, 0.2) is 0 Å². The molecule has 0 radical (unpaired) electrons. The third-order valence-electron chi connectivity index (χ3n) is 5.45. The molecule has 0 saturated carbocycles. The molecule has 0 amide bonds. The van der Waals surface area contributed by atoms with Crippen molar-refractivity contribution >= 4 is 0 Å². The quantitative estimate of drug-likeness (QED) is 0.536. The van der Waals surface area contributed by atoms with Gasteiger partial charge >= 0.3 is 0 Å². The van der Waals surface area contributed by atoms with Crippen LogP contribution >= 0.6 is 0 Å². The molecular weight excluding hydrogens is 316 g/mol. The van der Waals surface area contributed by atoms with Gasteiger partial charge in [-0.1, -0.05) is 100 Å². The first-order valence-corrected chi connectivity index (χ1v) is 9.64. The van der Waals surface area contributed by atoms with Crippen LogP contribution in [0.15, 0.2) is 60.7 Å². The summed E-state index contributed by atoms with van der Waals surface area (Å²) in [6, 6.07) is 25.2. The van der Waals surface area contributed by atoms with Crippen molar-refractivity contribution in [1.29, 1.82) is 10.5 Å². The second-order valence-electron chi connectivity index (χ2n) is 6.97. The highest BCUT2D eigenvalue weighted by molar-refractivity contribution is 5.49. The first-order valence-electron chi connectivity index (χ1n) is 9.64. The summed E-state index contributed by atoms with van der Waals surface area (Å²) in [6.07, 6.45) is 5.22. The van der Waals surface area contributed by atoms with Crippen LogP contribution < -0.4 is 0 Å². The molecule has 0 spiro atoms. The highest BCUT2D eigenvalue weighted by Crippen LogP contribution is 2.50. The van der Waals surface area contributed by atoms with Crippen LogP contribution in [0.4, 0.5) is 0 Å². The highest BCUT2D eigenvalue weighted by atomic mass is 14.6. The summed E-state index contributed by atoms with van der Waals surface area (Å²) < 4.78 is 0. The van der Waals surface area contributed by atoms with Crippen LogP contribution in [0, 0.1) is 22.7 Å². The standard InChI is InChI=1S/C24H28N2/c1-3-5-17-23(19-25,21-13-9-7-10-14-21)24(20-26,18-6-4-2)22-15-11-8-12-16-22/h7-16H,3-6,17-18H2,1-2H3/t23-,24-/m0/s1. The van der Waals surface area contributed by atoms with Crippen molar-refractivity contribution in [2.75, 3.05) is 0 Å². The summed E-state index contributed by atoms with van der Waals surface area (Å²) in [6.45, 7) is 4.27. The van der Waals surface area contributed by atoms with E-state index >= 15 is 0 Å². The third-order valence-corrected chi connectivity index (χ3v) is 5.45. The van der Waals surface area contributed by atoms with Crippen LogP contribution in [-0.4, -0.2) is 0 Å². The molecule has 0 aliphatic heterocycles. The van der Waals surface area contributed by atoms with Gasteiger partial charge in [0, 0.05) is 0 Å². The highest BCUT2D eigenvalue weighted by Gasteiger charge is 2.53. The first kappa shape index (κ1) is 19.7. The van der Waals surface area contributed by atoms with E-state index in [1.165, 1.54) is 0 Å². The number of rotatable bonds is 9. The normalized spacial score (nSPS) is 15.2. The minimum absolute atomic E-state index is 0.691. The van der Waals surface area contributed by atoms with Crippen molar-refractivity contribution in [2.24, 2.45) is 0 Å². The Balaban J connectivity index is 2.77. The Hall–Kier alpha value is -2.58. The Morgan fingerprint density at radius 1 is 0.654 bits per heavy atom. The Morgan fingerprint density at radius 2 is 1.00 bits per heavy atom. The Morgan fingerprint density at radius 3 is 1.27 bits per heavy atom. The summed E-state index contributed by atoms with van der Waals surface area (Å²) >= 11 is 0. The smallest absolute Gasteiger partial charge is 0.105 e. The fourth-order valence-electron chi connectivity index (χ4n) is 3.97. The van der Waals surface area contributed by atoms with Crippen LogP contribution in [0.3, 0.4) is 0 Å². The van der Waals surface area contributed by atoms with Gasteiger partial charge in [0.05, 0.1) is 12.1 Å². The SMILES string of the molecule is CCCC[C@](C#N)(c1ccccc1)[C@](C#N)(CCCC)c1ccccc1. The molecule has 2 aromatic rings. The van der Waals surface area contributed by atoms with Gasteiger partial charge in [0.2, 0.25) is 0 Å². The van der Waals surface area contributed by atoms with Gasteiger partial charge in [0.1, 0.15) is 10.8 Å². The van der Waals surface area contributed by atoms with E-state index in [1.54, 1.807) is 0 Å². The van der Waals surface area contributed by atoms with Crippen molar-refractivity contribution in [2.45, 2.75) is 63.2 Å². The van der Waals surface area contributed by atoms with Gasteiger partial charge in [0.25, 0.3) is 0 Å². The first-order chi connectivity index (χ1) is 12.7. The van der Waals surface area contributed by atoms with Crippen LogP contribution in [0.2, 0.25) is 0 Å². The van der Waals surface area contributed by atoms with Crippen molar-refractivity contribution in [3.05, 3.63) is 71.8 Å². The van der Waals surface area contributed by atoms with E-state index < -0.39 is 10.8 Å². The molecule has 0 aliphatic rings. The van der Waals surface area contributed by atoms with Gasteiger partial charge < -0.3 is 0 Å². The summed E-state index contributed by atoms with van der Waals surface area (Å²) in [5, 5.41) is 21.0. The van der Waals surface area contributed by atoms with Crippen molar-refractivity contribution < 1.29 is 0 Å². The predicted octanol–water partition coefficient (Wildman–Crippen LogP) is 6.29. The minimum Gasteiger partial charge on any atom is -0.197 e. The number of unbranched alkanes of at least 4 members (excludes halogenated alkanes) is 2. The van der Waals surface area contributed by atoms with Gasteiger partial charge in [-0.15, -0.1) is 0 Å². The fourth-order valence-corrected chi connectivity index (χ4v) is 3.97. The lowest BCUT2D eigenvalue weighted by Gasteiger charge is -2.43. The molecule has 0 aliphatic carbocycles. The maximum atomic E-state index is 10.5. The molecule has 0 unspecified atom stereocenters. The number of nitrogens with zero attached hydrogens (tertiary/aromatic N) is 2. The zero-order valence-corrected chi connectivity index (χ0v) is 15.9. The summed E-state index contributed by atoms with van der Waals surface area (Å²) in [4.78, 5) is 0. The number of hydrogen-bond donors (Lipinski definition) is 0. The number of hydrogen-bond acceptors (Lipinski definition) is 2. The lowest BCUT2D eigenvalue weighted by molar-refractivity contribution is 0.292. The molecule has 2 atom stereocenters. The Bertz CT molecular complexity index is 687. The molecule has 2 aromatic carbocycles. The van der Waals surface area contributed by atoms with Crippen LogP contribution in [0.5, 0.6) is 0 Å². The molecule has 2 heteroatoms. The van der Waals surface area contributed by atoms with Gasteiger partial charge in [-0.25, -0.2) is 0 Å². The molecule has 26 heavy (non-hydrogen) atoms. The summed E-state index contributed by atoms with van der Waals surface area (Å²) in [5.41, 5.74) is 0.209. The molecular formula is C24H28N2. The maximum absolute atomic E-state index is 10.5. The molecule has 134 valence electrons. The third kappa shape index (κ3) is 3.51. The minimum atomic E-state index is -0.852.